The molecule has 0 bridgehead atoms. The van der Waals surface area contributed by atoms with Gasteiger partial charge in [0.2, 0.25) is 0 Å². The van der Waals surface area contributed by atoms with Crippen LogP contribution in [-0.2, 0) is 13.0 Å². The number of rotatable bonds is 5. The third-order valence-electron chi connectivity index (χ3n) is 3.12. The Morgan fingerprint density at radius 1 is 1.33 bits per heavy atom. The van der Waals surface area contributed by atoms with E-state index >= 15 is 0 Å². The van der Waals surface area contributed by atoms with Gasteiger partial charge in [0.25, 0.3) is 5.91 Å². The van der Waals surface area contributed by atoms with Crippen LogP contribution in [0, 0.1) is 0 Å². The highest BCUT2D eigenvalue weighted by molar-refractivity contribution is 6.30. The number of nitrogens with one attached hydrogen (secondary N) is 1. The number of carbonyl (C=O) groups excluding carboxylic acids is 1. The predicted octanol–water partition coefficient (Wildman–Crippen LogP) is 2.55. The summed E-state index contributed by atoms with van der Waals surface area (Å²) in [6.45, 7) is 2.29. The van der Waals surface area contributed by atoms with Crippen molar-refractivity contribution in [2.75, 3.05) is 0 Å². The number of amides is 1. The monoisotopic (exact) mass is 303 g/mol. The number of carbonyl (C=O) groups is 1. The van der Waals surface area contributed by atoms with Gasteiger partial charge in [0.05, 0.1) is 5.69 Å². The number of aromatic nitrogens is 1. The summed E-state index contributed by atoms with van der Waals surface area (Å²) in [5.41, 5.74) is 7.94. The Hall–Kier alpha value is -1.91. The third kappa shape index (κ3) is 4.55. The van der Waals surface area contributed by atoms with Crippen molar-refractivity contribution >= 4 is 17.5 Å². The molecular formula is C16H18ClN3O. The van der Waals surface area contributed by atoms with Gasteiger partial charge in [-0.2, -0.15) is 0 Å². The lowest BCUT2D eigenvalue weighted by Crippen LogP contribution is -2.34. The van der Waals surface area contributed by atoms with Crippen LogP contribution in [0.4, 0.5) is 0 Å². The molecule has 1 aromatic heterocycles. The first-order chi connectivity index (χ1) is 10.1. The number of pyridine rings is 1. The molecule has 1 heterocycles. The van der Waals surface area contributed by atoms with Crippen molar-refractivity contribution in [1.29, 1.82) is 0 Å². The van der Waals surface area contributed by atoms with Crippen LogP contribution < -0.4 is 11.1 Å². The molecule has 0 aliphatic heterocycles. The van der Waals surface area contributed by atoms with Gasteiger partial charge in [-0.05, 0) is 43.2 Å². The van der Waals surface area contributed by atoms with E-state index < -0.39 is 0 Å². The highest BCUT2D eigenvalue weighted by Gasteiger charge is 2.11. The molecule has 0 aliphatic carbocycles. The minimum atomic E-state index is -0.117. The summed E-state index contributed by atoms with van der Waals surface area (Å²) in [6, 6.07) is 11.0. The molecule has 2 aromatic rings. The first-order valence-corrected chi connectivity index (χ1v) is 7.16. The maximum absolute atomic E-state index is 12.2. The van der Waals surface area contributed by atoms with Crippen molar-refractivity contribution in [3.8, 4) is 0 Å². The van der Waals surface area contributed by atoms with Crippen LogP contribution in [0.25, 0.3) is 0 Å². The summed E-state index contributed by atoms with van der Waals surface area (Å²) in [7, 11) is 0. The molecule has 1 unspecified atom stereocenters. The van der Waals surface area contributed by atoms with Crippen LogP contribution in [-0.4, -0.2) is 16.9 Å². The molecule has 0 aliphatic rings. The Balaban J connectivity index is 1.96. The van der Waals surface area contributed by atoms with Gasteiger partial charge in [-0.3, -0.25) is 9.78 Å². The van der Waals surface area contributed by atoms with Crippen molar-refractivity contribution in [3.63, 3.8) is 0 Å². The molecule has 0 fully saturated rings. The predicted molar refractivity (Wildman–Crippen MR) is 84.2 cm³/mol. The van der Waals surface area contributed by atoms with Gasteiger partial charge in [-0.25, -0.2) is 0 Å². The fourth-order valence-corrected chi connectivity index (χ4v) is 2.19. The van der Waals surface area contributed by atoms with Crippen molar-refractivity contribution in [1.82, 2.24) is 10.3 Å². The van der Waals surface area contributed by atoms with Crippen LogP contribution in [0.2, 0.25) is 5.02 Å². The van der Waals surface area contributed by atoms with E-state index in [4.69, 9.17) is 17.3 Å². The number of halogens is 1. The number of nitrogens with two attached hydrogens (primary N) is 1. The van der Waals surface area contributed by atoms with E-state index in [1.807, 2.05) is 31.2 Å². The Kier molecular flexibility index (Phi) is 5.31. The van der Waals surface area contributed by atoms with Gasteiger partial charge >= 0.3 is 0 Å². The third-order valence-corrected chi connectivity index (χ3v) is 3.37. The zero-order valence-corrected chi connectivity index (χ0v) is 12.6. The number of hydrogen-bond donors (Lipinski definition) is 2. The average molecular weight is 304 g/mol. The molecule has 0 saturated carbocycles. The molecule has 0 saturated heterocycles. The fourth-order valence-electron chi connectivity index (χ4n) is 2.06. The molecule has 21 heavy (non-hydrogen) atoms. The molecule has 110 valence electrons. The molecule has 1 amide bonds. The average Bonchev–Trinajstić information content (AvgIpc) is 2.49. The van der Waals surface area contributed by atoms with Gasteiger partial charge in [0.1, 0.15) is 0 Å². The molecule has 1 aromatic carbocycles. The van der Waals surface area contributed by atoms with E-state index in [1.54, 1.807) is 18.3 Å². The van der Waals surface area contributed by atoms with Gasteiger partial charge in [0, 0.05) is 29.4 Å². The lowest BCUT2D eigenvalue weighted by atomic mass is 10.1. The lowest BCUT2D eigenvalue weighted by Gasteiger charge is -2.14. The standard InChI is InChI=1S/C16H18ClN3O/c1-11(8-12-2-4-14(17)5-3-12)20-16(21)13-6-7-19-15(9-13)10-18/h2-7,9,11H,8,10,18H2,1H3,(H,20,21). The second kappa shape index (κ2) is 7.20. The molecule has 0 radical (unpaired) electrons. The van der Waals surface area contributed by atoms with E-state index in [9.17, 15) is 4.79 Å². The molecular weight excluding hydrogens is 286 g/mol. The Labute approximate surface area is 129 Å². The molecule has 1 atom stereocenters. The number of benzene rings is 1. The van der Waals surface area contributed by atoms with Crippen molar-refractivity contribution in [3.05, 3.63) is 64.4 Å². The van der Waals surface area contributed by atoms with E-state index in [0.29, 0.717) is 22.8 Å². The molecule has 2 rings (SSSR count). The summed E-state index contributed by atoms with van der Waals surface area (Å²) < 4.78 is 0. The van der Waals surface area contributed by atoms with Crippen LogP contribution >= 0.6 is 11.6 Å². The largest absolute Gasteiger partial charge is 0.349 e. The van der Waals surface area contributed by atoms with E-state index in [-0.39, 0.29) is 11.9 Å². The molecule has 3 N–H and O–H groups in total. The van der Waals surface area contributed by atoms with E-state index in [0.717, 1.165) is 12.0 Å². The summed E-state index contributed by atoms with van der Waals surface area (Å²) in [4.78, 5) is 16.2. The molecule has 5 heteroatoms. The SMILES string of the molecule is CC(Cc1ccc(Cl)cc1)NC(=O)c1ccnc(CN)c1. The van der Waals surface area contributed by atoms with Crippen molar-refractivity contribution < 1.29 is 4.79 Å². The van der Waals surface area contributed by atoms with Crippen LogP contribution in [0.1, 0.15) is 28.5 Å². The first kappa shape index (κ1) is 15.5. The van der Waals surface area contributed by atoms with Crippen LogP contribution in [0.3, 0.4) is 0 Å². The van der Waals surface area contributed by atoms with Crippen molar-refractivity contribution in [2.24, 2.45) is 5.73 Å². The molecule has 4 nitrogen and oxygen atoms in total. The van der Waals surface area contributed by atoms with E-state index in [2.05, 4.69) is 10.3 Å². The van der Waals surface area contributed by atoms with Crippen LogP contribution in [0.15, 0.2) is 42.6 Å². The van der Waals surface area contributed by atoms with Gasteiger partial charge in [-0.1, -0.05) is 23.7 Å². The normalized spacial score (nSPS) is 12.0. The maximum atomic E-state index is 12.2. The lowest BCUT2D eigenvalue weighted by molar-refractivity contribution is 0.0940. The van der Waals surface area contributed by atoms with Gasteiger partial charge in [0.15, 0.2) is 0 Å². The summed E-state index contributed by atoms with van der Waals surface area (Å²) >= 11 is 5.86. The topological polar surface area (TPSA) is 68.0 Å². The van der Waals surface area contributed by atoms with E-state index in [1.165, 1.54) is 0 Å². The summed E-state index contributed by atoms with van der Waals surface area (Å²) in [5.74, 6) is -0.117. The van der Waals surface area contributed by atoms with Crippen molar-refractivity contribution in [2.45, 2.75) is 25.9 Å². The smallest absolute Gasteiger partial charge is 0.251 e. The second-order valence-corrected chi connectivity index (χ2v) is 5.38. The minimum absolute atomic E-state index is 0.0215. The zero-order valence-electron chi connectivity index (χ0n) is 11.8. The zero-order chi connectivity index (χ0) is 15.2. The number of nitrogens with zero attached hydrogens (tertiary/aromatic N) is 1. The Bertz CT molecular complexity index is 613. The highest BCUT2D eigenvalue weighted by atomic mass is 35.5. The van der Waals surface area contributed by atoms with Gasteiger partial charge in [-0.15, -0.1) is 0 Å². The maximum Gasteiger partial charge on any atom is 0.251 e. The summed E-state index contributed by atoms with van der Waals surface area (Å²) in [6.07, 6.45) is 2.35. The fraction of sp³-hybridized carbons (Fsp3) is 0.250. The first-order valence-electron chi connectivity index (χ1n) is 6.79. The Morgan fingerprint density at radius 2 is 2.05 bits per heavy atom. The van der Waals surface area contributed by atoms with Gasteiger partial charge < -0.3 is 11.1 Å². The number of hydrogen-bond acceptors (Lipinski definition) is 3. The highest BCUT2D eigenvalue weighted by Crippen LogP contribution is 2.11. The molecule has 0 spiro atoms. The minimum Gasteiger partial charge on any atom is -0.349 e. The van der Waals surface area contributed by atoms with Crippen LogP contribution in [0.5, 0.6) is 0 Å². The second-order valence-electron chi connectivity index (χ2n) is 4.95. The Morgan fingerprint density at radius 3 is 2.71 bits per heavy atom. The quantitative estimate of drug-likeness (QED) is 0.892. The summed E-state index contributed by atoms with van der Waals surface area (Å²) in [5, 5.41) is 3.68.